The molecule has 1 aromatic carbocycles. The number of benzene rings is 1. The van der Waals surface area contributed by atoms with Crippen LogP contribution >= 0.6 is 11.6 Å². The van der Waals surface area contributed by atoms with E-state index in [0.717, 1.165) is 11.1 Å². The second kappa shape index (κ2) is 8.43. The Kier molecular flexibility index (Phi) is 6.29. The Balaban J connectivity index is 2.31. The minimum Gasteiger partial charge on any atom is -0.480 e. The molecule has 0 aliphatic rings. The van der Waals surface area contributed by atoms with Gasteiger partial charge in [0, 0.05) is 12.1 Å². The van der Waals surface area contributed by atoms with E-state index in [9.17, 15) is 24.8 Å². The molecular formula is C16H17ClN4O5. The molecule has 2 rings (SSSR count). The number of rotatable bonds is 8. The Hall–Kier alpha value is -2.94. The number of unbranched alkanes of at least 4 members (excludes halogenated alkanes) is 1. The molecular weight excluding hydrogens is 364 g/mol. The van der Waals surface area contributed by atoms with Crippen molar-refractivity contribution in [2.45, 2.75) is 32.2 Å². The monoisotopic (exact) mass is 380 g/mol. The van der Waals surface area contributed by atoms with E-state index in [-0.39, 0.29) is 16.4 Å². The van der Waals surface area contributed by atoms with Gasteiger partial charge in [0.05, 0.1) is 22.5 Å². The van der Waals surface area contributed by atoms with Crippen molar-refractivity contribution in [2.75, 3.05) is 5.32 Å². The first kappa shape index (κ1) is 19.4. The van der Waals surface area contributed by atoms with Crippen LogP contribution in [0.4, 0.5) is 11.4 Å². The second-order valence-electron chi connectivity index (χ2n) is 5.54. The average molecular weight is 381 g/mol. The van der Waals surface area contributed by atoms with Crippen molar-refractivity contribution in [2.24, 2.45) is 0 Å². The van der Waals surface area contributed by atoms with Gasteiger partial charge in [0.25, 0.3) is 11.2 Å². The lowest BCUT2D eigenvalue weighted by molar-refractivity contribution is -0.384. The zero-order valence-corrected chi connectivity index (χ0v) is 14.6. The first-order valence-electron chi connectivity index (χ1n) is 7.87. The number of nitrogens with zero attached hydrogens (tertiary/aromatic N) is 3. The normalized spacial score (nSPS) is 11.8. The first-order chi connectivity index (χ1) is 12.3. The third-order valence-electron chi connectivity index (χ3n) is 3.70. The molecule has 138 valence electrons. The number of aliphatic carboxylic acids is 1. The average Bonchev–Trinajstić information content (AvgIpc) is 2.62. The number of carboxylic acid groups (broad SMARTS) is 1. The van der Waals surface area contributed by atoms with Crippen LogP contribution in [0.5, 0.6) is 0 Å². The zero-order chi connectivity index (χ0) is 19.3. The summed E-state index contributed by atoms with van der Waals surface area (Å²) >= 11 is 6.08. The fourth-order valence-electron chi connectivity index (χ4n) is 2.29. The van der Waals surface area contributed by atoms with Crippen LogP contribution in [-0.4, -0.2) is 31.8 Å². The maximum Gasteiger partial charge on any atom is 0.326 e. The van der Waals surface area contributed by atoms with Gasteiger partial charge in [-0.15, -0.1) is 0 Å². The highest BCUT2D eigenvalue weighted by Crippen LogP contribution is 2.20. The van der Waals surface area contributed by atoms with Crippen molar-refractivity contribution in [1.29, 1.82) is 0 Å². The third-order valence-corrected chi connectivity index (χ3v) is 4.06. The molecule has 0 amide bonds. The maximum atomic E-state index is 12.4. The molecule has 2 N–H and O–H groups in total. The van der Waals surface area contributed by atoms with Crippen LogP contribution in [0.15, 0.2) is 35.3 Å². The Morgan fingerprint density at radius 3 is 2.62 bits per heavy atom. The van der Waals surface area contributed by atoms with Gasteiger partial charge in [0.15, 0.2) is 0 Å². The number of non-ortho nitro benzene ring substituents is 1. The predicted molar refractivity (Wildman–Crippen MR) is 96.1 cm³/mol. The van der Waals surface area contributed by atoms with E-state index >= 15 is 0 Å². The molecule has 10 heteroatoms. The minimum absolute atomic E-state index is 0.119. The van der Waals surface area contributed by atoms with E-state index in [2.05, 4.69) is 10.4 Å². The molecule has 0 saturated heterocycles. The number of carbonyl (C=O) groups is 1. The highest BCUT2D eigenvalue weighted by Gasteiger charge is 2.20. The highest BCUT2D eigenvalue weighted by molar-refractivity contribution is 6.33. The summed E-state index contributed by atoms with van der Waals surface area (Å²) < 4.78 is 0.985. The quantitative estimate of drug-likeness (QED) is 0.532. The topological polar surface area (TPSA) is 127 Å². The number of anilines is 1. The van der Waals surface area contributed by atoms with E-state index in [1.165, 1.54) is 30.5 Å². The predicted octanol–water partition coefficient (Wildman–Crippen LogP) is 2.85. The summed E-state index contributed by atoms with van der Waals surface area (Å²) in [5, 5.41) is 26.4. The fraction of sp³-hybridized carbons (Fsp3) is 0.312. The van der Waals surface area contributed by atoms with Gasteiger partial charge in [-0.3, -0.25) is 14.9 Å². The van der Waals surface area contributed by atoms with E-state index in [0.29, 0.717) is 18.5 Å². The van der Waals surface area contributed by atoms with Crippen LogP contribution in [0, 0.1) is 10.1 Å². The molecule has 0 saturated carbocycles. The van der Waals surface area contributed by atoms with Gasteiger partial charge >= 0.3 is 5.97 Å². The molecule has 0 aliphatic carbocycles. The van der Waals surface area contributed by atoms with Crippen LogP contribution in [-0.2, 0) is 4.79 Å². The van der Waals surface area contributed by atoms with Gasteiger partial charge in [-0.1, -0.05) is 31.4 Å². The second-order valence-corrected chi connectivity index (χ2v) is 5.92. The molecule has 1 aromatic heterocycles. The van der Waals surface area contributed by atoms with Crippen molar-refractivity contribution in [3.63, 3.8) is 0 Å². The fourth-order valence-corrected chi connectivity index (χ4v) is 2.47. The van der Waals surface area contributed by atoms with E-state index in [1.807, 2.05) is 6.92 Å². The summed E-state index contributed by atoms with van der Waals surface area (Å²) in [6, 6.07) is 4.35. The van der Waals surface area contributed by atoms with E-state index in [1.54, 1.807) is 0 Å². The number of nitro groups is 1. The Morgan fingerprint density at radius 1 is 1.42 bits per heavy atom. The van der Waals surface area contributed by atoms with Gasteiger partial charge < -0.3 is 10.4 Å². The molecule has 2 aromatic rings. The molecule has 9 nitrogen and oxygen atoms in total. The highest BCUT2D eigenvalue weighted by atomic mass is 35.5. The van der Waals surface area contributed by atoms with Gasteiger partial charge in [-0.25, -0.2) is 4.79 Å². The van der Waals surface area contributed by atoms with E-state index in [4.69, 9.17) is 11.6 Å². The molecule has 0 radical (unpaired) electrons. The summed E-state index contributed by atoms with van der Waals surface area (Å²) in [6.07, 6.45) is 3.18. The van der Waals surface area contributed by atoms with Gasteiger partial charge in [-0.2, -0.15) is 9.78 Å². The van der Waals surface area contributed by atoms with Crippen molar-refractivity contribution < 1.29 is 14.8 Å². The van der Waals surface area contributed by atoms with Crippen molar-refractivity contribution >= 4 is 28.9 Å². The maximum absolute atomic E-state index is 12.4. The summed E-state index contributed by atoms with van der Waals surface area (Å²) in [7, 11) is 0. The lowest BCUT2D eigenvalue weighted by atomic mass is 10.1. The largest absolute Gasteiger partial charge is 0.480 e. The summed E-state index contributed by atoms with van der Waals surface area (Å²) in [6.45, 7) is 1.94. The van der Waals surface area contributed by atoms with Gasteiger partial charge in [0.1, 0.15) is 11.1 Å². The summed E-state index contributed by atoms with van der Waals surface area (Å²) in [4.78, 5) is 33.9. The molecule has 26 heavy (non-hydrogen) atoms. The number of nitro benzene ring substituents is 1. The number of halogens is 1. The standard InChI is InChI=1S/C16H17ClN4O5/c1-2-3-4-12(16(23)24)19-13-9-18-20(15(22)14(13)17)10-5-7-11(8-6-10)21(25)26/h5-9,12,19H,2-4H2,1H3,(H,23,24). The Labute approximate surface area is 153 Å². The lowest BCUT2D eigenvalue weighted by Gasteiger charge is -2.16. The van der Waals surface area contributed by atoms with Crippen LogP contribution in [0.25, 0.3) is 5.69 Å². The molecule has 0 fully saturated rings. The first-order valence-corrected chi connectivity index (χ1v) is 8.25. The molecule has 1 heterocycles. The number of nitrogens with one attached hydrogen (secondary N) is 1. The molecule has 0 bridgehead atoms. The van der Waals surface area contributed by atoms with Crippen LogP contribution < -0.4 is 10.9 Å². The van der Waals surface area contributed by atoms with Crippen molar-refractivity contribution in [1.82, 2.24) is 9.78 Å². The summed E-state index contributed by atoms with van der Waals surface area (Å²) in [5.74, 6) is -1.05. The minimum atomic E-state index is -1.05. The van der Waals surface area contributed by atoms with E-state index < -0.39 is 22.5 Å². The van der Waals surface area contributed by atoms with Crippen molar-refractivity contribution in [3.8, 4) is 5.69 Å². The van der Waals surface area contributed by atoms with Gasteiger partial charge in [0.2, 0.25) is 0 Å². The Morgan fingerprint density at radius 2 is 2.08 bits per heavy atom. The van der Waals surface area contributed by atoms with Crippen molar-refractivity contribution in [3.05, 3.63) is 56.0 Å². The number of hydrogen-bond donors (Lipinski definition) is 2. The molecule has 0 spiro atoms. The van der Waals surface area contributed by atoms with Crippen LogP contribution in [0.2, 0.25) is 5.02 Å². The number of aromatic nitrogens is 2. The van der Waals surface area contributed by atoms with Crippen LogP contribution in [0.3, 0.4) is 0 Å². The van der Waals surface area contributed by atoms with Gasteiger partial charge in [-0.05, 0) is 18.6 Å². The molecule has 1 unspecified atom stereocenters. The van der Waals surface area contributed by atoms with Crippen LogP contribution in [0.1, 0.15) is 26.2 Å². The Bertz CT molecular complexity index is 866. The smallest absolute Gasteiger partial charge is 0.326 e. The number of carboxylic acids is 1. The summed E-state index contributed by atoms with van der Waals surface area (Å²) in [5.41, 5.74) is -0.357. The zero-order valence-electron chi connectivity index (χ0n) is 13.9. The SMILES string of the molecule is CCCCC(Nc1cnn(-c2ccc([N+](=O)[O-])cc2)c(=O)c1Cl)C(=O)O. The lowest BCUT2D eigenvalue weighted by Crippen LogP contribution is -2.31. The molecule has 1 atom stereocenters. The number of hydrogen-bond acceptors (Lipinski definition) is 6. The third kappa shape index (κ3) is 4.37. The molecule has 0 aliphatic heterocycles.